The summed E-state index contributed by atoms with van der Waals surface area (Å²) in [7, 11) is 4.02. The predicted molar refractivity (Wildman–Crippen MR) is 75.3 cm³/mol. The summed E-state index contributed by atoms with van der Waals surface area (Å²) in [5.41, 5.74) is 0. The summed E-state index contributed by atoms with van der Waals surface area (Å²) in [4.78, 5) is 13.3. The molecule has 0 aromatic carbocycles. The summed E-state index contributed by atoms with van der Waals surface area (Å²) in [5.74, 6) is -0.126. The van der Waals surface area contributed by atoms with E-state index in [1.807, 2.05) is 14.1 Å². The molecule has 0 rings (SSSR count). The second-order valence-corrected chi connectivity index (χ2v) is 4.71. The van der Waals surface area contributed by atoms with Gasteiger partial charge in [0.25, 0.3) is 0 Å². The van der Waals surface area contributed by atoms with Gasteiger partial charge in [-0.1, -0.05) is 19.8 Å². The van der Waals surface area contributed by atoms with Gasteiger partial charge in [0.2, 0.25) is 0 Å². The lowest BCUT2D eigenvalue weighted by Gasteiger charge is -2.10. The van der Waals surface area contributed by atoms with Crippen LogP contribution in [0.5, 0.6) is 0 Å². The SMILES string of the molecule is CCCCCC(=O)OCCOCCOCCN(C)C. The molecule has 0 aliphatic rings. The average molecular weight is 275 g/mol. The van der Waals surface area contributed by atoms with Crippen LogP contribution in [-0.2, 0) is 19.0 Å². The molecule has 5 nitrogen and oxygen atoms in total. The molecule has 0 aliphatic carbocycles. The summed E-state index contributed by atoms with van der Waals surface area (Å²) in [6, 6.07) is 0. The number of hydrogen-bond donors (Lipinski definition) is 0. The molecule has 0 aromatic rings. The first-order valence-electron chi connectivity index (χ1n) is 7.12. The topological polar surface area (TPSA) is 48.0 Å². The highest BCUT2D eigenvalue weighted by atomic mass is 16.6. The number of esters is 1. The fourth-order valence-electron chi connectivity index (χ4n) is 1.38. The second-order valence-electron chi connectivity index (χ2n) is 4.71. The van der Waals surface area contributed by atoms with Crippen LogP contribution in [0.1, 0.15) is 32.6 Å². The average Bonchev–Trinajstić information content (AvgIpc) is 2.36. The van der Waals surface area contributed by atoms with Crippen molar-refractivity contribution in [1.82, 2.24) is 4.90 Å². The van der Waals surface area contributed by atoms with Crippen LogP contribution in [0.15, 0.2) is 0 Å². The number of carbonyl (C=O) groups excluding carboxylic acids is 1. The van der Waals surface area contributed by atoms with E-state index in [4.69, 9.17) is 14.2 Å². The minimum atomic E-state index is -0.126. The Balaban J connectivity index is 3.11. The van der Waals surface area contributed by atoms with Gasteiger partial charge in [0, 0.05) is 13.0 Å². The molecule has 114 valence electrons. The third-order valence-electron chi connectivity index (χ3n) is 2.53. The van der Waals surface area contributed by atoms with Gasteiger partial charge in [-0.2, -0.15) is 0 Å². The van der Waals surface area contributed by atoms with Gasteiger partial charge < -0.3 is 19.1 Å². The first-order valence-corrected chi connectivity index (χ1v) is 7.12. The zero-order valence-electron chi connectivity index (χ0n) is 12.7. The summed E-state index contributed by atoms with van der Waals surface area (Å²) in [6.45, 7) is 5.64. The third-order valence-corrected chi connectivity index (χ3v) is 2.53. The molecule has 0 aromatic heterocycles. The molecule has 5 heteroatoms. The molecule has 0 heterocycles. The van der Waals surface area contributed by atoms with Crippen LogP contribution < -0.4 is 0 Å². The molecule has 19 heavy (non-hydrogen) atoms. The molecule has 0 saturated carbocycles. The van der Waals surface area contributed by atoms with E-state index in [2.05, 4.69) is 11.8 Å². The van der Waals surface area contributed by atoms with Crippen LogP contribution in [-0.4, -0.2) is 64.5 Å². The molecule has 0 fully saturated rings. The Bertz CT molecular complexity index is 210. The van der Waals surface area contributed by atoms with Crippen molar-refractivity contribution in [3.05, 3.63) is 0 Å². The standard InChI is InChI=1S/C14H29NO4/c1-4-5-6-7-14(16)19-13-12-18-11-10-17-9-8-15(2)3/h4-13H2,1-3H3. The van der Waals surface area contributed by atoms with Crippen molar-refractivity contribution in [2.45, 2.75) is 32.6 Å². The first-order chi connectivity index (χ1) is 9.16. The number of rotatable bonds is 13. The molecule has 0 radical (unpaired) electrons. The first kappa shape index (κ1) is 18.4. The molecule has 0 N–H and O–H groups in total. The number of likely N-dealkylation sites (N-methyl/N-ethyl adjacent to an activating group) is 1. The molecule has 0 spiro atoms. The quantitative estimate of drug-likeness (QED) is 0.378. The van der Waals surface area contributed by atoms with Crippen LogP contribution in [0.3, 0.4) is 0 Å². The summed E-state index contributed by atoms with van der Waals surface area (Å²) in [6.07, 6.45) is 3.62. The minimum absolute atomic E-state index is 0.126. The zero-order chi connectivity index (χ0) is 14.3. The van der Waals surface area contributed by atoms with Gasteiger partial charge >= 0.3 is 5.97 Å². The minimum Gasteiger partial charge on any atom is -0.463 e. The fourth-order valence-corrected chi connectivity index (χ4v) is 1.38. The normalized spacial score (nSPS) is 10.9. The lowest BCUT2D eigenvalue weighted by molar-refractivity contribution is -0.145. The van der Waals surface area contributed by atoms with E-state index in [0.29, 0.717) is 39.5 Å². The molecule has 0 saturated heterocycles. The fraction of sp³-hybridized carbons (Fsp3) is 0.929. The lowest BCUT2D eigenvalue weighted by Crippen LogP contribution is -2.19. The van der Waals surface area contributed by atoms with Crippen molar-refractivity contribution in [2.75, 3.05) is 53.7 Å². The van der Waals surface area contributed by atoms with Gasteiger partial charge in [-0.3, -0.25) is 4.79 Å². The predicted octanol–water partition coefficient (Wildman–Crippen LogP) is 1.70. The highest BCUT2D eigenvalue weighted by Gasteiger charge is 2.01. The van der Waals surface area contributed by atoms with E-state index in [1.165, 1.54) is 0 Å². The Morgan fingerprint density at radius 2 is 1.58 bits per heavy atom. The lowest BCUT2D eigenvalue weighted by atomic mass is 10.2. The number of unbranched alkanes of at least 4 members (excludes halogenated alkanes) is 2. The molecule has 0 aliphatic heterocycles. The molecule has 0 amide bonds. The summed E-state index contributed by atoms with van der Waals surface area (Å²) < 4.78 is 15.7. The van der Waals surface area contributed by atoms with E-state index < -0.39 is 0 Å². The van der Waals surface area contributed by atoms with E-state index in [0.717, 1.165) is 25.8 Å². The Hall–Kier alpha value is -0.650. The van der Waals surface area contributed by atoms with E-state index >= 15 is 0 Å². The number of nitrogens with zero attached hydrogens (tertiary/aromatic N) is 1. The van der Waals surface area contributed by atoms with Gasteiger partial charge in [0.15, 0.2) is 0 Å². The van der Waals surface area contributed by atoms with E-state index in [1.54, 1.807) is 0 Å². The Labute approximate surface area is 117 Å². The van der Waals surface area contributed by atoms with Crippen molar-refractivity contribution in [2.24, 2.45) is 0 Å². The largest absolute Gasteiger partial charge is 0.463 e. The summed E-state index contributed by atoms with van der Waals surface area (Å²) >= 11 is 0. The number of carbonyl (C=O) groups is 1. The van der Waals surface area contributed by atoms with E-state index in [9.17, 15) is 4.79 Å². The zero-order valence-corrected chi connectivity index (χ0v) is 12.7. The maximum Gasteiger partial charge on any atom is 0.305 e. The van der Waals surface area contributed by atoms with Crippen LogP contribution in [0.2, 0.25) is 0 Å². The van der Waals surface area contributed by atoms with Crippen molar-refractivity contribution >= 4 is 5.97 Å². The van der Waals surface area contributed by atoms with Gasteiger partial charge in [0.05, 0.1) is 26.4 Å². The Morgan fingerprint density at radius 1 is 0.947 bits per heavy atom. The summed E-state index contributed by atoms with van der Waals surface area (Å²) in [5, 5.41) is 0. The van der Waals surface area contributed by atoms with Gasteiger partial charge in [-0.15, -0.1) is 0 Å². The van der Waals surface area contributed by atoms with Gasteiger partial charge in [-0.25, -0.2) is 0 Å². The molecule has 0 atom stereocenters. The molecule has 0 unspecified atom stereocenters. The van der Waals surface area contributed by atoms with Crippen LogP contribution in [0.4, 0.5) is 0 Å². The van der Waals surface area contributed by atoms with Crippen molar-refractivity contribution in [1.29, 1.82) is 0 Å². The highest BCUT2D eigenvalue weighted by molar-refractivity contribution is 5.69. The van der Waals surface area contributed by atoms with Crippen molar-refractivity contribution < 1.29 is 19.0 Å². The highest BCUT2D eigenvalue weighted by Crippen LogP contribution is 2.00. The number of hydrogen-bond acceptors (Lipinski definition) is 5. The maximum absolute atomic E-state index is 11.2. The number of ether oxygens (including phenoxy) is 3. The van der Waals surface area contributed by atoms with Crippen LogP contribution >= 0.6 is 0 Å². The van der Waals surface area contributed by atoms with Crippen LogP contribution in [0.25, 0.3) is 0 Å². The van der Waals surface area contributed by atoms with Crippen LogP contribution in [0, 0.1) is 0 Å². The Kier molecular flexibility index (Phi) is 13.3. The van der Waals surface area contributed by atoms with Gasteiger partial charge in [0.1, 0.15) is 6.61 Å². The second kappa shape index (κ2) is 13.8. The molecule has 0 bridgehead atoms. The molecular weight excluding hydrogens is 246 g/mol. The monoisotopic (exact) mass is 275 g/mol. The Morgan fingerprint density at radius 3 is 2.21 bits per heavy atom. The maximum atomic E-state index is 11.2. The third kappa shape index (κ3) is 15.3. The van der Waals surface area contributed by atoms with Crippen molar-refractivity contribution in [3.63, 3.8) is 0 Å². The van der Waals surface area contributed by atoms with E-state index in [-0.39, 0.29) is 5.97 Å². The smallest absolute Gasteiger partial charge is 0.305 e. The molecular formula is C14H29NO4. The van der Waals surface area contributed by atoms with Gasteiger partial charge in [-0.05, 0) is 20.5 Å². The van der Waals surface area contributed by atoms with Crippen molar-refractivity contribution in [3.8, 4) is 0 Å².